The summed E-state index contributed by atoms with van der Waals surface area (Å²) in [6, 6.07) is 3.49. The van der Waals surface area contributed by atoms with Crippen molar-refractivity contribution in [3.63, 3.8) is 0 Å². The number of benzene rings is 2. The molecule has 15 heteroatoms. The zero-order valence-electron chi connectivity index (χ0n) is 21.0. The minimum atomic E-state index is -5.20. The van der Waals surface area contributed by atoms with Crippen LogP contribution in [0.1, 0.15) is 35.6 Å². The molecule has 2 aromatic carbocycles. The Morgan fingerprint density at radius 3 is 2.17 bits per heavy atom. The van der Waals surface area contributed by atoms with E-state index >= 15 is 0 Å². The number of alkyl halides is 6. The van der Waals surface area contributed by atoms with Gasteiger partial charge in [-0.15, -0.1) is 0 Å². The Hall–Kier alpha value is -2.63. The Bertz CT molecular complexity index is 1380. The molecule has 8 nitrogen and oxygen atoms in total. The van der Waals surface area contributed by atoms with Crippen molar-refractivity contribution in [3.05, 3.63) is 50.6 Å². The van der Waals surface area contributed by atoms with Gasteiger partial charge in [0.25, 0.3) is 0 Å². The zero-order valence-corrected chi connectivity index (χ0v) is 23.1. The number of aromatic hydroxyl groups is 1. The molecule has 0 radical (unpaired) electrons. The van der Waals surface area contributed by atoms with E-state index in [0.717, 1.165) is 0 Å². The predicted molar refractivity (Wildman–Crippen MR) is 135 cm³/mol. The first-order valence-electron chi connectivity index (χ1n) is 12.3. The number of methoxy groups -OCH3 is 1. The van der Waals surface area contributed by atoms with E-state index in [9.17, 15) is 51.3 Å². The second kappa shape index (κ2) is 9.98. The van der Waals surface area contributed by atoms with Crippen molar-refractivity contribution in [3.8, 4) is 11.5 Å². The highest BCUT2D eigenvalue weighted by molar-refractivity contribution is 14.1. The van der Waals surface area contributed by atoms with Gasteiger partial charge in [-0.3, -0.25) is 14.5 Å². The Morgan fingerprint density at radius 2 is 1.63 bits per heavy atom. The predicted octanol–water partition coefficient (Wildman–Crippen LogP) is 4.63. The summed E-state index contributed by atoms with van der Waals surface area (Å²) in [5, 5.41) is 31.9. The average molecular weight is 701 g/mol. The van der Waals surface area contributed by atoms with E-state index in [-0.39, 0.29) is 30.4 Å². The molecule has 2 aliphatic heterocycles. The van der Waals surface area contributed by atoms with Crippen molar-refractivity contribution in [2.45, 2.75) is 37.1 Å². The van der Waals surface area contributed by atoms with Crippen LogP contribution in [0.25, 0.3) is 0 Å². The number of hydrogen-bond donors (Lipinski definition) is 3. The first-order chi connectivity index (χ1) is 19.0. The number of halogens is 7. The van der Waals surface area contributed by atoms with Crippen LogP contribution in [0.15, 0.2) is 30.3 Å². The first-order valence-corrected chi connectivity index (χ1v) is 13.3. The number of aliphatic hydroxyl groups excluding tert-OH is 1. The molecule has 6 atom stereocenters. The topological polar surface area (TPSA) is 117 Å². The maximum Gasteiger partial charge on any atom is 0.416 e. The number of fused-ring (bicyclic) bond motifs is 3. The van der Waals surface area contributed by atoms with Crippen LogP contribution in [0, 0.1) is 27.2 Å². The number of carbonyl (C=O) groups excluding carboxylic acids is 2. The molecule has 2 amide bonds. The van der Waals surface area contributed by atoms with Gasteiger partial charge in [0.1, 0.15) is 0 Å². The first kappa shape index (κ1) is 29.8. The molecule has 0 spiro atoms. The van der Waals surface area contributed by atoms with Gasteiger partial charge < -0.3 is 24.8 Å². The van der Waals surface area contributed by atoms with Crippen molar-refractivity contribution in [1.29, 1.82) is 0 Å². The number of imide groups is 1. The molecule has 222 valence electrons. The van der Waals surface area contributed by atoms with Gasteiger partial charge in [-0.2, -0.15) is 26.3 Å². The number of amides is 2. The quantitative estimate of drug-likeness (QED) is 0.242. The molecular formula is C26H22F6INO7. The van der Waals surface area contributed by atoms with Crippen LogP contribution in [0.3, 0.4) is 0 Å². The maximum atomic E-state index is 13.7. The molecule has 3 aliphatic rings. The fourth-order valence-electron chi connectivity index (χ4n) is 6.16. The number of anilines is 1. The van der Waals surface area contributed by atoms with E-state index in [1.165, 1.54) is 13.2 Å². The molecule has 3 fully saturated rings. The van der Waals surface area contributed by atoms with Gasteiger partial charge in [0.05, 0.1) is 52.0 Å². The normalized spacial score (nSPS) is 30.0. The summed E-state index contributed by atoms with van der Waals surface area (Å²) >= 11 is 1.84. The fourth-order valence-corrected chi connectivity index (χ4v) is 6.78. The highest BCUT2D eigenvalue weighted by Gasteiger charge is 2.67. The largest absolute Gasteiger partial charge is 0.504 e. The third kappa shape index (κ3) is 4.83. The molecule has 2 aromatic rings. The lowest BCUT2D eigenvalue weighted by atomic mass is 9.64. The van der Waals surface area contributed by atoms with Gasteiger partial charge in [0.15, 0.2) is 17.3 Å². The summed E-state index contributed by atoms with van der Waals surface area (Å²) in [5.74, 6) is -9.12. The number of carbonyl (C=O) groups is 2. The zero-order chi connectivity index (χ0) is 30.2. The number of aliphatic hydroxyl groups is 2. The van der Waals surface area contributed by atoms with Crippen LogP contribution in [0.2, 0.25) is 0 Å². The molecule has 3 N–H and O–H groups in total. The van der Waals surface area contributed by atoms with Crippen molar-refractivity contribution < 1.29 is 60.7 Å². The van der Waals surface area contributed by atoms with Crippen LogP contribution in [-0.4, -0.2) is 46.6 Å². The number of nitrogens with zero attached hydrogens (tertiary/aromatic N) is 1. The second-order valence-electron chi connectivity index (χ2n) is 10.3. The molecule has 0 bridgehead atoms. The highest BCUT2D eigenvalue weighted by Crippen LogP contribution is 2.59. The van der Waals surface area contributed by atoms with Crippen LogP contribution in [0.5, 0.6) is 11.5 Å². The molecule has 1 aliphatic carbocycles. The summed E-state index contributed by atoms with van der Waals surface area (Å²) in [4.78, 5) is 27.4. The third-order valence-corrected chi connectivity index (χ3v) is 8.88. The molecule has 2 saturated heterocycles. The van der Waals surface area contributed by atoms with Gasteiger partial charge in [-0.1, -0.05) is 0 Å². The summed E-state index contributed by atoms with van der Waals surface area (Å²) in [5.41, 5.74) is -3.85. The maximum absolute atomic E-state index is 13.7. The van der Waals surface area contributed by atoms with Crippen LogP contribution < -0.4 is 9.64 Å². The highest BCUT2D eigenvalue weighted by atomic mass is 127. The lowest BCUT2D eigenvalue weighted by Gasteiger charge is -2.44. The second-order valence-corrected chi connectivity index (χ2v) is 11.4. The SMILES string of the molecule is COc1cc([C@@H]2C[C@H]3[C@H]4C(=O)N(c5cc(C(F)(F)F)cc(C(F)(F)F)c5)C(=O)[C@H]4C[C@H](CO)[C@@]3(O)O2)cc(I)c1O. The average Bonchev–Trinajstić information content (AvgIpc) is 3.37. The monoisotopic (exact) mass is 701 g/mol. The number of ether oxygens (including phenoxy) is 2. The molecule has 0 aromatic heterocycles. The van der Waals surface area contributed by atoms with Crippen molar-refractivity contribution in [2.75, 3.05) is 18.6 Å². The lowest BCUT2D eigenvalue weighted by molar-refractivity contribution is -0.274. The van der Waals surface area contributed by atoms with Crippen LogP contribution >= 0.6 is 22.6 Å². The van der Waals surface area contributed by atoms with Crippen LogP contribution in [-0.2, 0) is 26.7 Å². The lowest BCUT2D eigenvalue weighted by Crippen LogP contribution is -2.54. The van der Waals surface area contributed by atoms with Gasteiger partial charge in [-0.05, 0) is 71.3 Å². The number of phenolic OH excluding ortho intramolecular Hbond substituents is 1. The van der Waals surface area contributed by atoms with Gasteiger partial charge in [-0.25, -0.2) is 0 Å². The van der Waals surface area contributed by atoms with E-state index in [0.29, 0.717) is 26.2 Å². The summed E-state index contributed by atoms with van der Waals surface area (Å²) in [7, 11) is 1.32. The van der Waals surface area contributed by atoms with E-state index in [1.807, 2.05) is 22.6 Å². The fraction of sp³-hybridized carbons (Fsp3) is 0.462. The van der Waals surface area contributed by atoms with Crippen LogP contribution in [0.4, 0.5) is 32.0 Å². The van der Waals surface area contributed by atoms with E-state index < -0.39 is 83.2 Å². The summed E-state index contributed by atoms with van der Waals surface area (Å²) in [6.07, 6.45) is -11.7. The van der Waals surface area contributed by atoms with Crippen molar-refractivity contribution >= 4 is 40.1 Å². The number of phenols is 1. The molecule has 41 heavy (non-hydrogen) atoms. The number of hydrogen-bond acceptors (Lipinski definition) is 7. The molecular weight excluding hydrogens is 679 g/mol. The smallest absolute Gasteiger partial charge is 0.416 e. The number of rotatable bonds is 4. The molecule has 0 unspecified atom stereocenters. The van der Waals surface area contributed by atoms with Gasteiger partial charge in [0.2, 0.25) is 11.8 Å². The van der Waals surface area contributed by atoms with E-state index in [1.54, 1.807) is 6.07 Å². The Labute approximate surface area is 242 Å². The van der Waals surface area contributed by atoms with Crippen molar-refractivity contribution in [2.24, 2.45) is 23.7 Å². The van der Waals surface area contributed by atoms with E-state index in [2.05, 4.69) is 0 Å². The Balaban J connectivity index is 1.56. The summed E-state index contributed by atoms with van der Waals surface area (Å²) in [6.45, 7) is -0.678. The standard InChI is InChI=1S/C26H22F6INO7/c1-40-19-3-10(2-17(33)21(19)36)18-8-16-20-15(7-13(9-35)24(16,39)41-18)22(37)34(23(20)38)14-5-11(25(27,28)29)4-12(6-14)26(30,31)32/h2-6,13,15-16,18,20,35-36,39H,7-9H2,1H3/t13-,15+,16+,18+,20+,24-/m1/s1. The molecule has 5 rings (SSSR count). The Morgan fingerprint density at radius 1 is 1.02 bits per heavy atom. The Kier molecular flexibility index (Phi) is 7.27. The molecule has 2 heterocycles. The van der Waals surface area contributed by atoms with Crippen molar-refractivity contribution in [1.82, 2.24) is 0 Å². The van der Waals surface area contributed by atoms with Gasteiger partial charge >= 0.3 is 12.4 Å². The molecule has 1 saturated carbocycles. The minimum absolute atomic E-state index is 0.0819. The minimum Gasteiger partial charge on any atom is -0.504 e. The summed E-state index contributed by atoms with van der Waals surface area (Å²) < 4.78 is 92.5. The van der Waals surface area contributed by atoms with E-state index in [4.69, 9.17) is 9.47 Å². The van der Waals surface area contributed by atoms with Gasteiger partial charge in [0, 0.05) is 11.8 Å². The third-order valence-electron chi connectivity index (χ3n) is 8.06.